The van der Waals surface area contributed by atoms with E-state index in [-0.39, 0.29) is 24.6 Å². The number of hydrogen-bond donors (Lipinski definition) is 2. The molecule has 2 unspecified atom stereocenters. The second kappa shape index (κ2) is 6.91. The van der Waals surface area contributed by atoms with Crippen molar-refractivity contribution in [2.75, 3.05) is 20.2 Å². The number of nitrogens with one attached hydrogen (secondary N) is 1. The third-order valence-electron chi connectivity index (χ3n) is 3.75. The van der Waals surface area contributed by atoms with E-state index in [2.05, 4.69) is 10.1 Å². The van der Waals surface area contributed by atoms with E-state index in [1.165, 1.54) is 18.1 Å². The van der Waals surface area contributed by atoms with Gasteiger partial charge in [-0.25, -0.2) is 4.39 Å². The van der Waals surface area contributed by atoms with Gasteiger partial charge in [-0.3, -0.25) is 9.59 Å². The van der Waals surface area contributed by atoms with Gasteiger partial charge in [0.15, 0.2) is 11.6 Å². The van der Waals surface area contributed by atoms with Crippen molar-refractivity contribution >= 4 is 11.8 Å². The summed E-state index contributed by atoms with van der Waals surface area (Å²) in [7, 11) is 1.20. The van der Waals surface area contributed by atoms with Gasteiger partial charge in [-0.15, -0.1) is 0 Å². The van der Waals surface area contributed by atoms with Gasteiger partial charge in [-0.05, 0) is 25.5 Å². The number of amides is 2. The fourth-order valence-electron chi connectivity index (χ4n) is 2.64. The standard InChI is InChI=1S/C15H19F2N3O3/c1-3-19-14(21)10-6-8(18)7-20(10)15(22)9-4-5-11(23-2)13(17)12(9)16/h4-5,8,10H,3,6-7,18H2,1-2H3,(H,19,21). The molecule has 6 nitrogen and oxygen atoms in total. The first-order valence-electron chi connectivity index (χ1n) is 7.26. The molecular weight excluding hydrogens is 308 g/mol. The van der Waals surface area contributed by atoms with E-state index in [1.54, 1.807) is 6.92 Å². The van der Waals surface area contributed by atoms with Crippen molar-refractivity contribution in [1.82, 2.24) is 10.2 Å². The van der Waals surface area contributed by atoms with Gasteiger partial charge >= 0.3 is 0 Å². The zero-order chi connectivity index (χ0) is 17.1. The molecule has 126 valence electrons. The first kappa shape index (κ1) is 17.1. The molecule has 1 aliphatic heterocycles. The number of rotatable bonds is 4. The van der Waals surface area contributed by atoms with E-state index < -0.39 is 35.2 Å². The molecule has 2 amide bonds. The molecular formula is C15H19F2N3O3. The first-order valence-corrected chi connectivity index (χ1v) is 7.26. The zero-order valence-electron chi connectivity index (χ0n) is 12.9. The molecule has 0 aromatic heterocycles. The predicted molar refractivity (Wildman–Crippen MR) is 79.0 cm³/mol. The van der Waals surface area contributed by atoms with Crippen LogP contribution in [0.25, 0.3) is 0 Å². The summed E-state index contributed by atoms with van der Waals surface area (Å²) in [6, 6.07) is 1.13. The first-order chi connectivity index (χ1) is 10.9. The molecule has 1 aromatic rings. The molecule has 0 bridgehead atoms. The van der Waals surface area contributed by atoms with Gasteiger partial charge in [0.05, 0.1) is 12.7 Å². The molecule has 2 rings (SSSR count). The second-order valence-corrected chi connectivity index (χ2v) is 5.31. The number of carbonyl (C=O) groups is 2. The Morgan fingerprint density at radius 3 is 2.70 bits per heavy atom. The van der Waals surface area contributed by atoms with Gasteiger partial charge in [0.2, 0.25) is 11.7 Å². The van der Waals surface area contributed by atoms with Crippen molar-refractivity contribution < 1.29 is 23.1 Å². The number of likely N-dealkylation sites (N-methyl/N-ethyl adjacent to an activating group) is 1. The van der Waals surface area contributed by atoms with E-state index >= 15 is 0 Å². The minimum atomic E-state index is -1.30. The molecule has 2 atom stereocenters. The number of benzene rings is 1. The summed E-state index contributed by atoms with van der Waals surface area (Å²) in [4.78, 5) is 25.7. The van der Waals surface area contributed by atoms with Gasteiger partial charge in [0, 0.05) is 19.1 Å². The van der Waals surface area contributed by atoms with Crippen LogP contribution in [0.4, 0.5) is 8.78 Å². The SMILES string of the molecule is CCNC(=O)C1CC(N)CN1C(=O)c1ccc(OC)c(F)c1F. The Morgan fingerprint density at radius 1 is 1.39 bits per heavy atom. The monoisotopic (exact) mass is 327 g/mol. The molecule has 0 saturated carbocycles. The predicted octanol–water partition coefficient (Wildman–Crippen LogP) is 0.651. The maximum Gasteiger partial charge on any atom is 0.257 e. The van der Waals surface area contributed by atoms with Gasteiger partial charge < -0.3 is 20.7 Å². The van der Waals surface area contributed by atoms with Crippen LogP contribution in [0, 0.1) is 11.6 Å². The highest BCUT2D eigenvalue weighted by Gasteiger charge is 2.39. The summed E-state index contributed by atoms with van der Waals surface area (Å²) in [5.41, 5.74) is 5.37. The summed E-state index contributed by atoms with van der Waals surface area (Å²) in [5.74, 6) is -3.96. The lowest BCUT2D eigenvalue weighted by molar-refractivity contribution is -0.124. The fourth-order valence-corrected chi connectivity index (χ4v) is 2.64. The Morgan fingerprint density at radius 2 is 2.09 bits per heavy atom. The summed E-state index contributed by atoms with van der Waals surface area (Å²) in [6.45, 7) is 2.25. The zero-order valence-corrected chi connectivity index (χ0v) is 12.9. The molecule has 1 fully saturated rings. The minimum Gasteiger partial charge on any atom is -0.494 e. The maximum absolute atomic E-state index is 14.1. The average molecular weight is 327 g/mol. The largest absolute Gasteiger partial charge is 0.494 e. The number of hydrogen-bond acceptors (Lipinski definition) is 4. The molecule has 0 aliphatic carbocycles. The summed E-state index contributed by atoms with van der Waals surface area (Å²) >= 11 is 0. The van der Waals surface area contributed by atoms with Crippen molar-refractivity contribution in [2.45, 2.75) is 25.4 Å². The molecule has 1 heterocycles. The lowest BCUT2D eigenvalue weighted by Crippen LogP contribution is -2.46. The van der Waals surface area contributed by atoms with Crippen LogP contribution in [-0.4, -0.2) is 49.0 Å². The van der Waals surface area contributed by atoms with Crippen molar-refractivity contribution in [3.8, 4) is 5.75 Å². The fraction of sp³-hybridized carbons (Fsp3) is 0.467. The number of likely N-dealkylation sites (tertiary alicyclic amines) is 1. The van der Waals surface area contributed by atoms with E-state index in [0.717, 1.165) is 6.07 Å². The number of halogens is 2. The number of carbonyl (C=O) groups excluding carboxylic acids is 2. The van der Waals surface area contributed by atoms with Crippen LogP contribution in [0.3, 0.4) is 0 Å². The Labute approximate surface area is 132 Å². The number of ether oxygens (including phenoxy) is 1. The van der Waals surface area contributed by atoms with Gasteiger partial charge in [-0.1, -0.05) is 0 Å². The van der Waals surface area contributed by atoms with E-state index in [4.69, 9.17) is 5.73 Å². The third kappa shape index (κ3) is 3.26. The van der Waals surface area contributed by atoms with Crippen LogP contribution in [0.2, 0.25) is 0 Å². The molecule has 1 aliphatic rings. The van der Waals surface area contributed by atoms with E-state index in [0.29, 0.717) is 6.54 Å². The molecule has 1 saturated heterocycles. The quantitative estimate of drug-likeness (QED) is 0.850. The Hall–Kier alpha value is -2.22. The summed E-state index contributed by atoms with van der Waals surface area (Å²) < 4.78 is 32.6. The second-order valence-electron chi connectivity index (χ2n) is 5.31. The molecule has 3 N–H and O–H groups in total. The number of methoxy groups -OCH3 is 1. The van der Waals surface area contributed by atoms with Crippen molar-refractivity contribution in [3.63, 3.8) is 0 Å². The van der Waals surface area contributed by atoms with Gasteiger partial charge in [-0.2, -0.15) is 4.39 Å². The molecule has 0 radical (unpaired) electrons. The van der Waals surface area contributed by atoms with Crippen molar-refractivity contribution in [3.05, 3.63) is 29.3 Å². The van der Waals surface area contributed by atoms with Gasteiger partial charge in [0.1, 0.15) is 6.04 Å². The van der Waals surface area contributed by atoms with E-state index in [9.17, 15) is 18.4 Å². The molecule has 1 aromatic carbocycles. The summed E-state index contributed by atoms with van der Waals surface area (Å²) in [6.07, 6.45) is 0.276. The topological polar surface area (TPSA) is 84.7 Å². The number of nitrogens with two attached hydrogens (primary N) is 1. The Kier molecular flexibility index (Phi) is 5.15. The Bertz CT molecular complexity index is 624. The lowest BCUT2D eigenvalue weighted by atomic mass is 10.1. The Balaban J connectivity index is 2.31. The van der Waals surface area contributed by atoms with Crippen LogP contribution < -0.4 is 15.8 Å². The van der Waals surface area contributed by atoms with Crippen molar-refractivity contribution in [1.29, 1.82) is 0 Å². The summed E-state index contributed by atoms with van der Waals surface area (Å²) in [5, 5.41) is 2.61. The van der Waals surface area contributed by atoms with Gasteiger partial charge in [0.25, 0.3) is 5.91 Å². The van der Waals surface area contributed by atoms with Crippen LogP contribution in [0.15, 0.2) is 12.1 Å². The minimum absolute atomic E-state index is 0.105. The highest BCUT2D eigenvalue weighted by molar-refractivity contribution is 5.98. The van der Waals surface area contributed by atoms with Crippen LogP contribution in [0.5, 0.6) is 5.75 Å². The molecule has 0 spiro atoms. The lowest BCUT2D eigenvalue weighted by Gasteiger charge is -2.24. The highest BCUT2D eigenvalue weighted by atomic mass is 19.2. The van der Waals surface area contributed by atoms with Crippen LogP contribution in [-0.2, 0) is 4.79 Å². The van der Waals surface area contributed by atoms with Crippen LogP contribution in [0.1, 0.15) is 23.7 Å². The maximum atomic E-state index is 14.1. The number of nitrogens with zero attached hydrogens (tertiary/aromatic N) is 1. The highest BCUT2D eigenvalue weighted by Crippen LogP contribution is 2.26. The smallest absolute Gasteiger partial charge is 0.257 e. The third-order valence-corrected chi connectivity index (χ3v) is 3.75. The van der Waals surface area contributed by atoms with Crippen molar-refractivity contribution in [2.24, 2.45) is 5.73 Å². The molecule has 8 heteroatoms. The average Bonchev–Trinajstić information content (AvgIpc) is 2.91. The molecule has 23 heavy (non-hydrogen) atoms. The normalized spacial score (nSPS) is 20.5. The van der Waals surface area contributed by atoms with E-state index in [1.807, 2.05) is 0 Å². The van der Waals surface area contributed by atoms with Crippen LogP contribution >= 0.6 is 0 Å².